The minimum Gasteiger partial charge on any atom is -0.396 e. The molecule has 1 amide bonds. The van der Waals surface area contributed by atoms with Crippen molar-refractivity contribution in [3.63, 3.8) is 0 Å². The number of morpholine rings is 1. The summed E-state index contributed by atoms with van der Waals surface area (Å²) in [6, 6.07) is 6.87. The van der Waals surface area contributed by atoms with Gasteiger partial charge in [0.2, 0.25) is 5.91 Å². The Labute approximate surface area is 111 Å². The molecular weight excluding hydrogens is 244 g/mol. The van der Waals surface area contributed by atoms with E-state index in [0.29, 0.717) is 36.7 Å². The lowest BCUT2D eigenvalue weighted by Crippen LogP contribution is -2.53. The first-order valence-electron chi connectivity index (χ1n) is 6.03. The zero-order valence-corrected chi connectivity index (χ0v) is 10.7. The van der Waals surface area contributed by atoms with Gasteiger partial charge in [-0.25, -0.2) is 0 Å². The predicted octanol–water partition coefficient (Wildman–Crippen LogP) is 0.0917. The summed E-state index contributed by atoms with van der Waals surface area (Å²) in [4.78, 5) is 13.8. The molecule has 0 saturated carbocycles. The fourth-order valence-electron chi connectivity index (χ4n) is 2.18. The van der Waals surface area contributed by atoms with E-state index in [-0.39, 0.29) is 5.91 Å². The van der Waals surface area contributed by atoms with Gasteiger partial charge in [0, 0.05) is 13.6 Å². The second-order valence-electron chi connectivity index (χ2n) is 4.25. The number of benzene rings is 1. The molecule has 3 N–H and O–H groups in total. The van der Waals surface area contributed by atoms with Crippen LogP contribution < -0.4 is 16.0 Å². The molecule has 1 unspecified atom stereocenters. The Bertz CT molecular complexity index is 524. The zero-order chi connectivity index (χ0) is 13.8. The zero-order valence-electron chi connectivity index (χ0n) is 10.7. The minimum absolute atomic E-state index is 0.124. The van der Waals surface area contributed by atoms with E-state index in [1.165, 1.54) is 0 Å². The summed E-state index contributed by atoms with van der Waals surface area (Å²) in [6.07, 6.45) is 0. The third kappa shape index (κ3) is 2.46. The van der Waals surface area contributed by atoms with Crippen LogP contribution in [-0.4, -0.2) is 38.8 Å². The van der Waals surface area contributed by atoms with Crippen molar-refractivity contribution in [2.24, 2.45) is 0 Å². The molecule has 1 aromatic carbocycles. The van der Waals surface area contributed by atoms with Crippen LogP contribution in [0, 0.1) is 11.3 Å². The van der Waals surface area contributed by atoms with E-state index in [1.807, 2.05) is 17.0 Å². The molecule has 1 aliphatic rings. The third-order valence-corrected chi connectivity index (χ3v) is 3.19. The van der Waals surface area contributed by atoms with Crippen LogP contribution in [0.3, 0.4) is 0 Å². The van der Waals surface area contributed by atoms with Crippen LogP contribution in [0.5, 0.6) is 0 Å². The van der Waals surface area contributed by atoms with Crippen LogP contribution in [0.1, 0.15) is 5.56 Å². The van der Waals surface area contributed by atoms with Crippen molar-refractivity contribution in [1.29, 1.82) is 5.26 Å². The van der Waals surface area contributed by atoms with E-state index in [9.17, 15) is 4.79 Å². The first kappa shape index (κ1) is 13.2. The largest absolute Gasteiger partial charge is 0.396 e. The predicted molar refractivity (Wildman–Crippen MR) is 71.6 cm³/mol. The number of likely N-dealkylation sites (N-methyl/N-ethyl adjacent to an activating group) is 1. The molecule has 1 heterocycles. The Morgan fingerprint density at radius 2 is 2.42 bits per heavy atom. The number of nitrogens with one attached hydrogen (secondary N) is 1. The van der Waals surface area contributed by atoms with Gasteiger partial charge in [0.05, 0.1) is 30.2 Å². The van der Waals surface area contributed by atoms with E-state index >= 15 is 0 Å². The number of nitrogens with zero attached hydrogens (tertiary/aromatic N) is 2. The maximum atomic E-state index is 11.9. The Hall–Kier alpha value is -2.26. The fraction of sp³-hybridized carbons (Fsp3) is 0.385. The number of rotatable bonds is 2. The quantitative estimate of drug-likeness (QED) is 0.735. The number of amides is 1. The summed E-state index contributed by atoms with van der Waals surface area (Å²) >= 11 is 0. The molecule has 0 radical (unpaired) electrons. The third-order valence-electron chi connectivity index (χ3n) is 3.19. The summed E-state index contributed by atoms with van der Waals surface area (Å²) in [6.45, 7) is 1.41. The van der Waals surface area contributed by atoms with Gasteiger partial charge in [-0.3, -0.25) is 4.79 Å². The lowest BCUT2D eigenvalue weighted by Gasteiger charge is -2.36. The van der Waals surface area contributed by atoms with Crippen LogP contribution in [0.2, 0.25) is 0 Å². The van der Waals surface area contributed by atoms with E-state index < -0.39 is 6.04 Å². The van der Waals surface area contributed by atoms with Gasteiger partial charge in [0.25, 0.3) is 0 Å². The van der Waals surface area contributed by atoms with Gasteiger partial charge in [0.1, 0.15) is 12.1 Å². The van der Waals surface area contributed by atoms with Gasteiger partial charge < -0.3 is 20.7 Å². The molecule has 1 aromatic rings. The van der Waals surface area contributed by atoms with Gasteiger partial charge in [0.15, 0.2) is 0 Å². The summed E-state index contributed by atoms with van der Waals surface area (Å²) in [7, 11) is 1.59. The van der Waals surface area contributed by atoms with E-state index in [2.05, 4.69) is 5.32 Å². The number of carbonyl (C=O) groups excluding carboxylic acids is 1. The standard InChI is InChI=1S/C13H16N4O2/c1-16-13(18)11-8-19-6-5-17(11)10-4-2-3-9(7-14)12(10)15/h2-4,11H,5-6,8,15H2,1H3,(H,16,18). The number of nitrogen functional groups attached to an aromatic ring is 1. The lowest BCUT2D eigenvalue weighted by molar-refractivity contribution is -0.124. The molecule has 19 heavy (non-hydrogen) atoms. The smallest absolute Gasteiger partial charge is 0.244 e. The van der Waals surface area contributed by atoms with Crippen molar-refractivity contribution in [2.75, 3.05) is 37.4 Å². The number of hydrogen-bond acceptors (Lipinski definition) is 5. The highest BCUT2D eigenvalue weighted by atomic mass is 16.5. The summed E-state index contributed by atoms with van der Waals surface area (Å²) in [5.41, 5.74) is 7.52. The Kier molecular flexibility index (Phi) is 3.88. The molecule has 6 nitrogen and oxygen atoms in total. The first-order chi connectivity index (χ1) is 9.19. The normalized spacial score (nSPS) is 18.7. The molecule has 0 aromatic heterocycles. The average Bonchev–Trinajstić information content (AvgIpc) is 2.47. The molecule has 6 heteroatoms. The molecule has 1 fully saturated rings. The summed E-state index contributed by atoms with van der Waals surface area (Å²) in [5.74, 6) is -0.124. The van der Waals surface area contributed by atoms with Crippen molar-refractivity contribution < 1.29 is 9.53 Å². The Balaban J connectivity index is 2.38. The van der Waals surface area contributed by atoms with E-state index in [4.69, 9.17) is 15.7 Å². The maximum Gasteiger partial charge on any atom is 0.244 e. The molecule has 1 aliphatic heterocycles. The van der Waals surface area contributed by atoms with Crippen molar-refractivity contribution in [3.05, 3.63) is 23.8 Å². The number of hydrogen-bond donors (Lipinski definition) is 2. The number of carbonyl (C=O) groups is 1. The molecule has 1 saturated heterocycles. The number of nitriles is 1. The number of nitrogens with two attached hydrogens (primary N) is 1. The van der Waals surface area contributed by atoms with E-state index in [1.54, 1.807) is 19.2 Å². The SMILES string of the molecule is CNC(=O)C1COCCN1c1cccc(C#N)c1N. The van der Waals surface area contributed by atoms with Gasteiger partial charge in [-0.2, -0.15) is 5.26 Å². The van der Waals surface area contributed by atoms with Crippen molar-refractivity contribution in [2.45, 2.75) is 6.04 Å². The van der Waals surface area contributed by atoms with Crippen LogP contribution in [0.4, 0.5) is 11.4 Å². The fourth-order valence-corrected chi connectivity index (χ4v) is 2.18. The summed E-state index contributed by atoms with van der Waals surface area (Å²) in [5, 5.41) is 11.6. The number of ether oxygens (including phenoxy) is 1. The molecule has 0 spiro atoms. The minimum atomic E-state index is -0.421. The molecule has 0 bridgehead atoms. The van der Waals surface area contributed by atoms with Crippen LogP contribution in [-0.2, 0) is 9.53 Å². The van der Waals surface area contributed by atoms with Crippen molar-refractivity contribution >= 4 is 17.3 Å². The number of para-hydroxylation sites is 1. The van der Waals surface area contributed by atoms with Crippen LogP contribution in [0.25, 0.3) is 0 Å². The highest BCUT2D eigenvalue weighted by Crippen LogP contribution is 2.29. The highest BCUT2D eigenvalue weighted by molar-refractivity contribution is 5.87. The first-order valence-corrected chi connectivity index (χ1v) is 6.03. The van der Waals surface area contributed by atoms with Gasteiger partial charge in [-0.15, -0.1) is 0 Å². The van der Waals surface area contributed by atoms with Gasteiger partial charge in [-0.05, 0) is 12.1 Å². The average molecular weight is 260 g/mol. The topological polar surface area (TPSA) is 91.4 Å². The monoisotopic (exact) mass is 260 g/mol. The van der Waals surface area contributed by atoms with Crippen LogP contribution in [0.15, 0.2) is 18.2 Å². The molecule has 1 atom stereocenters. The van der Waals surface area contributed by atoms with Crippen LogP contribution >= 0.6 is 0 Å². The van der Waals surface area contributed by atoms with Crippen molar-refractivity contribution in [1.82, 2.24) is 5.32 Å². The highest BCUT2D eigenvalue weighted by Gasteiger charge is 2.30. The lowest BCUT2D eigenvalue weighted by atomic mass is 10.1. The van der Waals surface area contributed by atoms with Gasteiger partial charge >= 0.3 is 0 Å². The Morgan fingerprint density at radius 1 is 1.63 bits per heavy atom. The molecular formula is C13H16N4O2. The molecule has 2 rings (SSSR count). The number of anilines is 2. The second kappa shape index (κ2) is 5.59. The summed E-state index contributed by atoms with van der Waals surface area (Å²) < 4.78 is 5.34. The van der Waals surface area contributed by atoms with E-state index in [0.717, 1.165) is 0 Å². The maximum absolute atomic E-state index is 11.9. The molecule has 100 valence electrons. The van der Waals surface area contributed by atoms with Crippen molar-refractivity contribution in [3.8, 4) is 6.07 Å². The van der Waals surface area contributed by atoms with Gasteiger partial charge in [-0.1, -0.05) is 6.07 Å². The Morgan fingerprint density at radius 3 is 3.11 bits per heavy atom. The second-order valence-corrected chi connectivity index (χ2v) is 4.25. The molecule has 0 aliphatic carbocycles.